The molecule has 0 spiro atoms. The van der Waals surface area contributed by atoms with Crippen LogP contribution in [0.1, 0.15) is 26.2 Å². The minimum absolute atomic E-state index is 0.0998. The molecule has 2 rings (SSSR count). The van der Waals surface area contributed by atoms with E-state index in [-0.39, 0.29) is 23.1 Å². The first-order valence-electron chi connectivity index (χ1n) is 5.57. The van der Waals surface area contributed by atoms with Crippen LogP contribution in [0.4, 0.5) is 0 Å². The highest BCUT2D eigenvalue weighted by Crippen LogP contribution is 2.45. The lowest BCUT2D eigenvalue weighted by atomic mass is 10.1. The summed E-state index contributed by atoms with van der Waals surface area (Å²) in [7, 11) is 1.65. The number of amides is 2. The van der Waals surface area contributed by atoms with Crippen LogP contribution in [0.25, 0.3) is 0 Å². The Kier molecular flexibility index (Phi) is 2.44. The van der Waals surface area contributed by atoms with E-state index >= 15 is 0 Å². The Morgan fingerprint density at radius 2 is 2.07 bits per heavy atom. The molecule has 2 N–H and O–H groups in total. The molecule has 0 radical (unpaired) electrons. The van der Waals surface area contributed by atoms with Gasteiger partial charge in [0, 0.05) is 24.9 Å². The summed E-state index contributed by atoms with van der Waals surface area (Å²) in [5.41, 5.74) is -0.0998. The number of nitrogens with one attached hydrogen (secondary N) is 2. The van der Waals surface area contributed by atoms with Crippen molar-refractivity contribution in [1.82, 2.24) is 10.6 Å². The molecule has 0 aromatic heterocycles. The third kappa shape index (κ3) is 2.13. The molecular weight excluding hydrogens is 192 g/mol. The lowest BCUT2D eigenvalue weighted by molar-refractivity contribution is -0.126. The van der Waals surface area contributed by atoms with Gasteiger partial charge in [0.15, 0.2) is 0 Å². The Labute approximate surface area is 89.8 Å². The van der Waals surface area contributed by atoms with Gasteiger partial charge < -0.3 is 10.6 Å². The van der Waals surface area contributed by atoms with Crippen LogP contribution in [-0.4, -0.2) is 25.4 Å². The molecule has 2 atom stereocenters. The number of carbonyl (C=O) groups is 2. The van der Waals surface area contributed by atoms with Gasteiger partial charge >= 0.3 is 0 Å². The van der Waals surface area contributed by atoms with Crippen molar-refractivity contribution in [3.63, 3.8) is 0 Å². The fourth-order valence-electron chi connectivity index (χ4n) is 1.83. The van der Waals surface area contributed by atoms with E-state index in [1.807, 2.05) is 6.92 Å². The standard InChI is InChI=1S/C11H18N2O2/c1-11(3-4-11)10(15)13-6-7-5-8(7)9(14)12-2/h7-8H,3-6H2,1-2H3,(H,12,14)(H,13,15). The molecule has 15 heavy (non-hydrogen) atoms. The van der Waals surface area contributed by atoms with Gasteiger partial charge in [-0.1, -0.05) is 6.92 Å². The summed E-state index contributed by atoms with van der Waals surface area (Å²) >= 11 is 0. The molecule has 4 heteroatoms. The van der Waals surface area contributed by atoms with Crippen LogP contribution in [0.2, 0.25) is 0 Å². The molecule has 0 saturated heterocycles. The zero-order chi connectivity index (χ0) is 11.1. The van der Waals surface area contributed by atoms with E-state index in [2.05, 4.69) is 10.6 Å². The topological polar surface area (TPSA) is 58.2 Å². The van der Waals surface area contributed by atoms with Crippen molar-refractivity contribution in [2.45, 2.75) is 26.2 Å². The molecule has 2 saturated carbocycles. The molecule has 2 unspecified atom stereocenters. The minimum Gasteiger partial charge on any atom is -0.359 e. The maximum absolute atomic E-state index is 11.6. The fourth-order valence-corrected chi connectivity index (χ4v) is 1.83. The number of carbonyl (C=O) groups excluding carboxylic acids is 2. The summed E-state index contributed by atoms with van der Waals surface area (Å²) in [6, 6.07) is 0. The van der Waals surface area contributed by atoms with Crippen LogP contribution in [0, 0.1) is 17.3 Å². The monoisotopic (exact) mass is 210 g/mol. The minimum atomic E-state index is -0.0998. The van der Waals surface area contributed by atoms with Crippen LogP contribution in [-0.2, 0) is 9.59 Å². The average Bonchev–Trinajstić information content (AvgIpc) is 3.10. The van der Waals surface area contributed by atoms with Crippen LogP contribution < -0.4 is 10.6 Å². The highest BCUT2D eigenvalue weighted by Gasteiger charge is 2.47. The van der Waals surface area contributed by atoms with Crippen LogP contribution in [0.5, 0.6) is 0 Å². The van der Waals surface area contributed by atoms with Crippen molar-refractivity contribution >= 4 is 11.8 Å². The second-order valence-electron chi connectivity index (χ2n) is 4.99. The summed E-state index contributed by atoms with van der Waals surface area (Å²) in [6.07, 6.45) is 2.92. The lowest BCUT2D eigenvalue weighted by Crippen LogP contribution is -2.32. The molecule has 0 aromatic carbocycles. The normalized spacial score (nSPS) is 30.5. The van der Waals surface area contributed by atoms with Crippen molar-refractivity contribution in [3.8, 4) is 0 Å². The Balaban J connectivity index is 1.68. The Bertz CT molecular complexity index is 297. The summed E-state index contributed by atoms with van der Waals surface area (Å²) < 4.78 is 0. The van der Waals surface area contributed by atoms with Crippen molar-refractivity contribution in [3.05, 3.63) is 0 Å². The molecule has 0 bridgehead atoms. The van der Waals surface area contributed by atoms with E-state index in [0.29, 0.717) is 12.5 Å². The maximum atomic E-state index is 11.6. The Morgan fingerprint density at radius 1 is 1.40 bits per heavy atom. The smallest absolute Gasteiger partial charge is 0.225 e. The second kappa shape index (κ2) is 3.51. The third-order valence-corrected chi connectivity index (χ3v) is 3.58. The quantitative estimate of drug-likeness (QED) is 0.700. The number of rotatable bonds is 4. The van der Waals surface area contributed by atoms with E-state index in [0.717, 1.165) is 19.3 Å². The van der Waals surface area contributed by atoms with Crippen molar-refractivity contribution < 1.29 is 9.59 Å². The Morgan fingerprint density at radius 3 is 2.60 bits per heavy atom. The third-order valence-electron chi connectivity index (χ3n) is 3.58. The van der Waals surface area contributed by atoms with Gasteiger partial charge in [-0.2, -0.15) is 0 Å². The number of hydrogen-bond acceptors (Lipinski definition) is 2. The first kappa shape index (κ1) is 10.5. The summed E-state index contributed by atoms with van der Waals surface area (Å²) in [6.45, 7) is 2.65. The van der Waals surface area contributed by atoms with Crippen LogP contribution >= 0.6 is 0 Å². The molecule has 2 amide bonds. The molecule has 2 fully saturated rings. The number of hydrogen-bond donors (Lipinski definition) is 2. The molecule has 0 aliphatic heterocycles. The maximum Gasteiger partial charge on any atom is 0.225 e. The van der Waals surface area contributed by atoms with Gasteiger partial charge in [-0.05, 0) is 25.2 Å². The van der Waals surface area contributed by atoms with Crippen molar-refractivity contribution in [1.29, 1.82) is 0 Å². The fraction of sp³-hybridized carbons (Fsp3) is 0.818. The van der Waals surface area contributed by atoms with E-state index in [1.165, 1.54) is 0 Å². The van der Waals surface area contributed by atoms with Gasteiger partial charge in [0.25, 0.3) is 0 Å². The second-order valence-corrected chi connectivity index (χ2v) is 4.99. The van der Waals surface area contributed by atoms with Gasteiger partial charge in [-0.25, -0.2) is 0 Å². The molecule has 0 heterocycles. The van der Waals surface area contributed by atoms with Gasteiger partial charge in [-0.15, -0.1) is 0 Å². The largest absolute Gasteiger partial charge is 0.359 e. The SMILES string of the molecule is CNC(=O)C1CC1CNC(=O)C1(C)CC1. The van der Waals surface area contributed by atoms with E-state index in [9.17, 15) is 9.59 Å². The zero-order valence-electron chi connectivity index (χ0n) is 9.30. The highest BCUT2D eigenvalue weighted by atomic mass is 16.2. The molecule has 84 valence electrons. The van der Waals surface area contributed by atoms with Gasteiger partial charge in [0.05, 0.1) is 0 Å². The predicted molar refractivity (Wildman–Crippen MR) is 56.0 cm³/mol. The molecule has 4 nitrogen and oxygen atoms in total. The summed E-state index contributed by atoms with van der Waals surface area (Å²) in [5, 5.41) is 5.57. The summed E-state index contributed by atoms with van der Waals surface area (Å²) in [5.74, 6) is 0.746. The summed E-state index contributed by atoms with van der Waals surface area (Å²) in [4.78, 5) is 22.8. The van der Waals surface area contributed by atoms with Crippen LogP contribution in [0.15, 0.2) is 0 Å². The molecular formula is C11H18N2O2. The molecule has 2 aliphatic carbocycles. The first-order chi connectivity index (χ1) is 7.07. The molecule has 2 aliphatic rings. The van der Waals surface area contributed by atoms with E-state index in [4.69, 9.17) is 0 Å². The zero-order valence-corrected chi connectivity index (χ0v) is 9.30. The van der Waals surface area contributed by atoms with Gasteiger partial charge in [-0.3, -0.25) is 9.59 Å². The van der Waals surface area contributed by atoms with E-state index in [1.54, 1.807) is 7.05 Å². The predicted octanol–water partition coefficient (Wildman–Crippen LogP) is 0.285. The lowest BCUT2D eigenvalue weighted by Gasteiger charge is -2.09. The first-order valence-corrected chi connectivity index (χ1v) is 5.57. The van der Waals surface area contributed by atoms with Gasteiger partial charge in [0.2, 0.25) is 11.8 Å². The Hall–Kier alpha value is -1.06. The van der Waals surface area contributed by atoms with Crippen molar-refractivity contribution in [2.75, 3.05) is 13.6 Å². The van der Waals surface area contributed by atoms with Crippen molar-refractivity contribution in [2.24, 2.45) is 17.3 Å². The van der Waals surface area contributed by atoms with Crippen LogP contribution in [0.3, 0.4) is 0 Å². The average molecular weight is 210 g/mol. The van der Waals surface area contributed by atoms with E-state index < -0.39 is 0 Å². The van der Waals surface area contributed by atoms with Gasteiger partial charge in [0.1, 0.15) is 0 Å². The highest BCUT2D eigenvalue weighted by molar-refractivity contribution is 5.85. The molecule has 0 aromatic rings.